The van der Waals surface area contributed by atoms with E-state index in [9.17, 15) is 0 Å². The van der Waals surface area contributed by atoms with Crippen molar-refractivity contribution >= 4 is 49.6 Å². The average molecular weight is 1080 g/mol. The van der Waals surface area contributed by atoms with Crippen LogP contribution in [0.25, 0.3) is 105 Å². The summed E-state index contributed by atoms with van der Waals surface area (Å²) in [7, 11) is 0. The topological polar surface area (TPSA) is 8.17 Å². The van der Waals surface area contributed by atoms with E-state index in [0.29, 0.717) is 0 Å². The van der Waals surface area contributed by atoms with Gasteiger partial charge in [0.2, 0.25) is 0 Å². The molecule has 0 saturated carbocycles. The van der Waals surface area contributed by atoms with Crippen LogP contribution in [0.4, 0.5) is 17.1 Å². The largest absolute Gasteiger partial charge is 0.310 e. The Bertz CT molecular complexity index is 4940. The number of fused-ring (bicyclic) bond motifs is 7. The molecule has 0 fully saturated rings. The summed E-state index contributed by atoms with van der Waals surface area (Å²) in [5, 5.41) is 4.79. The van der Waals surface area contributed by atoms with Crippen molar-refractivity contribution in [3.63, 3.8) is 0 Å². The van der Waals surface area contributed by atoms with Crippen LogP contribution in [0.15, 0.2) is 340 Å². The molecule has 1 aliphatic carbocycles. The monoisotopic (exact) mass is 1080 g/mol. The highest BCUT2D eigenvalue weighted by Gasteiger charge is 2.46. The Morgan fingerprint density at radius 1 is 0.247 bits per heavy atom. The molecule has 0 bridgehead atoms. The maximum atomic E-state index is 2.48. The highest BCUT2D eigenvalue weighted by molar-refractivity contribution is 6.11. The maximum absolute atomic E-state index is 2.48. The van der Waals surface area contributed by atoms with Crippen molar-refractivity contribution < 1.29 is 0 Å². The summed E-state index contributed by atoms with van der Waals surface area (Å²) in [6.45, 7) is 0. The number of aromatic nitrogens is 1. The van der Waals surface area contributed by atoms with Gasteiger partial charge in [-0.15, -0.1) is 0 Å². The summed E-state index contributed by atoms with van der Waals surface area (Å²) in [4.78, 5) is 2.48. The van der Waals surface area contributed by atoms with Crippen LogP contribution in [0, 0.1) is 0 Å². The number of hydrogen-bond acceptors (Lipinski definition) is 1. The Labute approximate surface area is 496 Å². The van der Waals surface area contributed by atoms with Crippen LogP contribution >= 0.6 is 0 Å². The number of rotatable bonds is 11. The van der Waals surface area contributed by atoms with Crippen LogP contribution in [0.5, 0.6) is 0 Å². The van der Waals surface area contributed by atoms with Crippen molar-refractivity contribution in [1.82, 2.24) is 4.57 Å². The van der Waals surface area contributed by atoms with E-state index < -0.39 is 5.41 Å². The van der Waals surface area contributed by atoms with E-state index in [2.05, 4.69) is 349 Å². The summed E-state index contributed by atoms with van der Waals surface area (Å²) >= 11 is 0. The lowest BCUT2D eigenvalue weighted by atomic mass is 9.67. The van der Waals surface area contributed by atoms with Gasteiger partial charge in [0.25, 0.3) is 0 Å². The van der Waals surface area contributed by atoms with Crippen LogP contribution in [0.2, 0.25) is 0 Å². The van der Waals surface area contributed by atoms with Crippen molar-refractivity contribution in [1.29, 1.82) is 0 Å². The zero-order valence-corrected chi connectivity index (χ0v) is 46.7. The van der Waals surface area contributed by atoms with Crippen LogP contribution in [-0.4, -0.2) is 4.57 Å². The fraction of sp³-hybridized carbons (Fsp3) is 0.0120. The Hall–Kier alpha value is -11.1. The van der Waals surface area contributed by atoms with Crippen molar-refractivity contribution in [3.8, 4) is 72.4 Å². The molecule has 0 N–H and O–H groups in total. The highest BCUT2D eigenvalue weighted by atomic mass is 15.1. The Morgan fingerprint density at radius 3 is 1.44 bits per heavy atom. The van der Waals surface area contributed by atoms with Crippen LogP contribution in [-0.2, 0) is 5.41 Å². The zero-order valence-electron chi connectivity index (χ0n) is 46.7. The van der Waals surface area contributed by atoms with E-state index in [1.807, 2.05) is 0 Å². The molecule has 0 radical (unpaired) electrons. The van der Waals surface area contributed by atoms with E-state index in [1.165, 1.54) is 88.3 Å². The standard InChI is InChI=1S/C83H56N2/c1-5-22-57(23-6-1)59-42-44-60(45-43-59)66-51-67(63-29-19-28-62(50-63)58-24-7-2-8-25-58)54-72(53-66)85-81-40-18-16-38-76(81)77-55-65(46-49-82(77)85)64-30-20-35-70(52-64)84(80-41-21-27-61-26-13-14-36-73(61)80)71-47-48-75-74-37-15-17-39-78(74)83(79(75)56-71,68-31-9-3-10-32-68)69-33-11-4-12-34-69/h1-56H. The minimum atomic E-state index is -0.546. The van der Waals surface area contributed by atoms with Crippen LogP contribution in [0.1, 0.15) is 22.3 Å². The zero-order chi connectivity index (χ0) is 56.3. The smallest absolute Gasteiger partial charge is 0.0714 e. The minimum absolute atomic E-state index is 0.546. The first-order valence-corrected chi connectivity index (χ1v) is 29.4. The third-order valence-electron chi connectivity index (χ3n) is 17.6. The predicted molar refractivity (Wildman–Crippen MR) is 357 cm³/mol. The first-order chi connectivity index (χ1) is 42.1. The van der Waals surface area contributed by atoms with Gasteiger partial charge in [-0.25, -0.2) is 0 Å². The molecule has 0 aliphatic heterocycles. The van der Waals surface area contributed by atoms with E-state index in [4.69, 9.17) is 0 Å². The van der Waals surface area contributed by atoms with Gasteiger partial charge in [-0.2, -0.15) is 0 Å². The molecule has 1 aromatic heterocycles. The fourth-order valence-electron chi connectivity index (χ4n) is 13.7. The number of nitrogens with zero attached hydrogens (tertiary/aromatic N) is 2. The summed E-state index contributed by atoms with van der Waals surface area (Å²) in [6, 6.07) is 125. The first-order valence-electron chi connectivity index (χ1n) is 29.4. The fourth-order valence-corrected chi connectivity index (χ4v) is 13.7. The lowest BCUT2D eigenvalue weighted by Crippen LogP contribution is -2.28. The van der Waals surface area contributed by atoms with Gasteiger partial charge in [0.05, 0.1) is 22.1 Å². The number of anilines is 3. The quantitative estimate of drug-likeness (QED) is 0.125. The summed E-state index contributed by atoms with van der Waals surface area (Å²) in [5.41, 5.74) is 25.5. The molecule has 0 spiro atoms. The Morgan fingerprint density at radius 2 is 0.706 bits per heavy atom. The predicted octanol–water partition coefficient (Wildman–Crippen LogP) is 22.1. The molecule has 0 saturated heterocycles. The molecule has 2 heteroatoms. The van der Waals surface area contributed by atoms with E-state index >= 15 is 0 Å². The third-order valence-corrected chi connectivity index (χ3v) is 17.6. The van der Waals surface area contributed by atoms with Crippen molar-refractivity contribution in [2.45, 2.75) is 5.41 Å². The lowest BCUT2D eigenvalue weighted by Gasteiger charge is -2.35. The summed E-state index contributed by atoms with van der Waals surface area (Å²) in [5.74, 6) is 0. The molecule has 398 valence electrons. The van der Waals surface area contributed by atoms with Gasteiger partial charge in [0.15, 0.2) is 0 Å². The minimum Gasteiger partial charge on any atom is -0.310 e. The molecule has 85 heavy (non-hydrogen) atoms. The molecule has 1 aliphatic rings. The second-order valence-corrected chi connectivity index (χ2v) is 22.4. The van der Waals surface area contributed by atoms with Gasteiger partial charge in [-0.1, -0.05) is 267 Å². The van der Waals surface area contributed by atoms with Gasteiger partial charge < -0.3 is 9.47 Å². The molecule has 16 rings (SSSR count). The second kappa shape index (κ2) is 20.7. The summed E-state index contributed by atoms with van der Waals surface area (Å²) in [6.07, 6.45) is 0. The molecule has 14 aromatic carbocycles. The molecular weight excluding hydrogens is 1020 g/mol. The van der Waals surface area contributed by atoms with E-state index in [1.54, 1.807) is 0 Å². The van der Waals surface area contributed by atoms with Gasteiger partial charge in [-0.3, -0.25) is 0 Å². The summed E-state index contributed by atoms with van der Waals surface area (Å²) < 4.78 is 2.47. The highest BCUT2D eigenvalue weighted by Crippen LogP contribution is 2.57. The SMILES string of the molecule is c1ccc(-c2ccc(-c3cc(-c4cccc(-c5ccccc5)c4)cc(-n4c5ccccc5c5cc(-c6cccc(N(c7ccc8c(c7)C(c7ccccc7)(c7ccccc7)c7ccccc7-8)c7cccc8ccccc78)c6)ccc54)c3)cc2)cc1. The Kier molecular flexibility index (Phi) is 12.1. The molecule has 0 unspecified atom stereocenters. The van der Waals surface area contributed by atoms with Crippen LogP contribution < -0.4 is 4.90 Å². The molecule has 0 amide bonds. The molecular formula is C83H56N2. The van der Waals surface area contributed by atoms with Gasteiger partial charge in [0.1, 0.15) is 0 Å². The van der Waals surface area contributed by atoms with E-state index in [0.717, 1.165) is 56.0 Å². The van der Waals surface area contributed by atoms with E-state index in [-0.39, 0.29) is 0 Å². The first kappa shape index (κ1) is 49.7. The molecule has 1 heterocycles. The van der Waals surface area contributed by atoms with Crippen molar-refractivity contribution in [2.24, 2.45) is 0 Å². The molecule has 15 aromatic rings. The normalized spacial score (nSPS) is 12.3. The number of benzene rings is 14. The third kappa shape index (κ3) is 8.49. The molecule has 0 atom stereocenters. The van der Waals surface area contributed by atoms with Crippen LogP contribution in [0.3, 0.4) is 0 Å². The number of para-hydroxylation sites is 1. The van der Waals surface area contributed by atoms with Crippen molar-refractivity contribution in [3.05, 3.63) is 362 Å². The molecule has 2 nitrogen and oxygen atoms in total. The van der Waals surface area contributed by atoms with Gasteiger partial charge >= 0.3 is 0 Å². The van der Waals surface area contributed by atoms with Gasteiger partial charge in [0, 0.05) is 33.2 Å². The van der Waals surface area contributed by atoms with Crippen molar-refractivity contribution in [2.75, 3.05) is 4.90 Å². The second-order valence-electron chi connectivity index (χ2n) is 22.4. The average Bonchev–Trinajstić information content (AvgIpc) is 2.01. The maximum Gasteiger partial charge on any atom is 0.0714 e. The van der Waals surface area contributed by atoms with Gasteiger partial charge in [-0.05, 0) is 167 Å². The number of hydrogen-bond donors (Lipinski definition) is 0. The Balaban J connectivity index is 0.852. The lowest BCUT2D eigenvalue weighted by molar-refractivity contribution is 0.768.